The Morgan fingerprint density at radius 1 is 1.59 bits per heavy atom. The van der Waals surface area contributed by atoms with Gasteiger partial charge in [-0.2, -0.15) is 0 Å². The van der Waals surface area contributed by atoms with Crippen molar-refractivity contribution in [1.82, 2.24) is 0 Å². The molecule has 1 fully saturated rings. The fourth-order valence-electron chi connectivity index (χ4n) is 2.09. The molecule has 17 heavy (non-hydrogen) atoms. The minimum atomic E-state index is -0.450. The lowest BCUT2D eigenvalue weighted by molar-refractivity contribution is 0.199. The Morgan fingerprint density at radius 3 is 2.82 bits per heavy atom. The summed E-state index contributed by atoms with van der Waals surface area (Å²) in [7, 11) is 0. The topological polar surface area (TPSA) is 23.5 Å². The number of benzene rings is 1. The van der Waals surface area contributed by atoms with Crippen LogP contribution < -0.4 is 4.90 Å². The Kier molecular flexibility index (Phi) is 3.89. The summed E-state index contributed by atoms with van der Waals surface area (Å²) < 4.78 is 1.01. The largest absolute Gasteiger partial charge is 0.389 e. The van der Waals surface area contributed by atoms with E-state index in [1.807, 2.05) is 25.1 Å². The summed E-state index contributed by atoms with van der Waals surface area (Å²) in [6.45, 7) is 6.46. The van der Waals surface area contributed by atoms with E-state index < -0.39 is 6.10 Å². The van der Waals surface area contributed by atoms with Crippen molar-refractivity contribution < 1.29 is 5.11 Å². The second kappa shape index (κ2) is 5.23. The maximum Gasteiger partial charge on any atom is 0.0782 e. The summed E-state index contributed by atoms with van der Waals surface area (Å²) in [5.41, 5.74) is 2.11. The molecule has 1 atom stereocenters. The third kappa shape index (κ3) is 2.90. The highest BCUT2D eigenvalue weighted by atomic mass is 79.9. The number of aliphatic hydroxyl groups is 1. The Balaban J connectivity index is 2.37. The first-order valence-electron chi connectivity index (χ1n) is 5.98. The lowest BCUT2D eigenvalue weighted by Gasteiger charge is -2.27. The van der Waals surface area contributed by atoms with Crippen LogP contribution in [0.5, 0.6) is 0 Å². The number of halogens is 1. The van der Waals surface area contributed by atoms with Crippen LogP contribution in [0.3, 0.4) is 0 Å². The minimum absolute atomic E-state index is 0.450. The van der Waals surface area contributed by atoms with Gasteiger partial charge in [0.15, 0.2) is 0 Å². The van der Waals surface area contributed by atoms with Crippen molar-refractivity contribution in [2.75, 3.05) is 11.4 Å². The van der Waals surface area contributed by atoms with Gasteiger partial charge in [-0.25, -0.2) is 0 Å². The van der Waals surface area contributed by atoms with Crippen LogP contribution in [0.15, 0.2) is 35.3 Å². The second-order valence-corrected chi connectivity index (χ2v) is 5.47. The van der Waals surface area contributed by atoms with E-state index in [0.29, 0.717) is 6.04 Å². The van der Waals surface area contributed by atoms with Crippen molar-refractivity contribution in [3.8, 4) is 0 Å². The van der Waals surface area contributed by atoms with Gasteiger partial charge < -0.3 is 10.0 Å². The van der Waals surface area contributed by atoms with Crippen LogP contribution in [0, 0.1) is 0 Å². The Morgan fingerprint density at radius 2 is 2.29 bits per heavy atom. The van der Waals surface area contributed by atoms with Gasteiger partial charge >= 0.3 is 0 Å². The van der Waals surface area contributed by atoms with E-state index in [4.69, 9.17) is 0 Å². The predicted molar refractivity (Wildman–Crippen MR) is 75.3 cm³/mol. The summed E-state index contributed by atoms with van der Waals surface area (Å²) in [5.74, 6) is 0. The average Bonchev–Trinajstić information content (AvgIpc) is 3.10. The number of anilines is 1. The van der Waals surface area contributed by atoms with Crippen LogP contribution in [0.1, 0.15) is 31.4 Å². The molecule has 2 rings (SSSR count). The Bertz CT molecular complexity index is 413. The molecular formula is C14H18BrNO. The van der Waals surface area contributed by atoms with E-state index in [2.05, 4.69) is 33.5 Å². The zero-order chi connectivity index (χ0) is 12.4. The Hall–Kier alpha value is -0.800. The number of aliphatic hydroxyl groups excluding tert-OH is 1. The van der Waals surface area contributed by atoms with E-state index in [-0.39, 0.29) is 0 Å². The van der Waals surface area contributed by atoms with Crippen molar-refractivity contribution in [1.29, 1.82) is 0 Å². The maximum atomic E-state index is 9.87. The van der Waals surface area contributed by atoms with E-state index in [9.17, 15) is 5.11 Å². The minimum Gasteiger partial charge on any atom is -0.389 e. The third-order valence-electron chi connectivity index (χ3n) is 3.06. The second-order valence-electron chi connectivity index (χ2n) is 4.55. The number of rotatable bonds is 5. The summed E-state index contributed by atoms with van der Waals surface area (Å²) in [6.07, 6.45) is 3.95. The molecule has 1 aliphatic carbocycles. The SMILES string of the molecule is C=CCN(c1ccc(Br)cc1C(C)O)C1CC1. The third-order valence-corrected chi connectivity index (χ3v) is 3.56. The van der Waals surface area contributed by atoms with E-state index >= 15 is 0 Å². The highest BCUT2D eigenvalue weighted by Crippen LogP contribution is 2.36. The fraction of sp³-hybridized carbons (Fsp3) is 0.429. The highest BCUT2D eigenvalue weighted by molar-refractivity contribution is 9.10. The molecule has 92 valence electrons. The molecule has 1 unspecified atom stereocenters. The molecule has 0 radical (unpaired) electrons. The van der Waals surface area contributed by atoms with Crippen molar-refractivity contribution in [3.63, 3.8) is 0 Å². The van der Waals surface area contributed by atoms with E-state index in [1.165, 1.54) is 12.8 Å². The number of hydrogen-bond acceptors (Lipinski definition) is 2. The zero-order valence-corrected chi connectivity index (χ0v) is 11.7. The molecule has 3 heteroatoms. The molecular weight excluding hydrogens is 278 g/mol. The molecule has 0 heterocycles. The van der Waals surface area contributed by atoms with Crippen LogP contribution in [0.25, 0.3) is 0 Å². The fourth-order valence-corrected chi connectivity index (χ4v) is 2.47. The van der Waals surface area contributed by atoms with Gasteiger partial charge in [0.25, 0.3) is 0 Å². The van der Waals surface area contributed by atoms with Crippen molar-refractivity contribution in [3.05, 3.63) is 40.9 Å². The summed E-state index contributed by atoms with van der Waals surface area (Å²) >= 11 is 3.46. The molecule has 1 aliphatic rings. The molecule has 1 N–H and O–H groups in total. The van der Waals surface area contributed by atoms with Crippen LogP contribution >= 0.6 is 15.9 Å². The summed E-state index contributed by atoms with van der Waals surface area (Å²) in [4.78, 5) is 2.33. The molecule has 0 aromatic heterocycles. The number of nitrogens with zero attached hydrogens (tertiary/aromatic N) is 1. The first kappa shape index (κ1) is 12.7. The van der Waals surface area contributed by atoms with Crippen LogP contribution in [-0.2, 0) is 0 Å². The lowest BCUT2D eigenvalue weighted by Crippen LogP contribution is -2.27. The molecule has 0 amide bonds. The van der Waals surface area contributed by atoms with Crippen molar-refractivity contribution in [2.45, 2.75) is 31.9 Å². The van der Waals surface area contributed by atoms with Gasteiger partial charge in [-0.1, -0.05) is 22.0 Å². The van der Waals surface area contributed by atoms with Gasteiger partial charge in [-0.05, 0) is 38.0 Å². The van der Waals surface area contributed by atoms with Gasteiger partial charge in [-0.3, -0.25) is 0 Å². The van der Waals surface area contributed by atoms with Crippen molar-refractivity contribution >= 4 is 21.6 Å². The average molecular weight is 296 g/mol. The zero-order valence-electron chi connectivity index (χ0n) is 10.1. The summed E-state index contributed by atoms with van der Waals surface area (Å²) in [6, 6.07) is 6.72. The van der Waals surface area contributed by atoms with Crippen LogP contribution in [-0.4, -0.2) is 17.7 Å². The van der Waals surface area contributed by atoms with Crippen LogP contribution in [0.4, 0.5) is 5.69 Å². The molecule has 0 bridgehead atoms. The van der Waals surface area contributed by atoms with Crippen LogP contribution in [0.2, 0.25) is 0 Å². The first-order valence-corrected chi connectivity index (χ1v) is 6.78. The molecule has 1 aromatic carbocycles. The van der Waals surface area contributed by atoms with Gasteiger partial charge in [0.05, 0.1) is 6.10 Å². The normalized spacial score (nSPS) is 16.6. The highest BCUT2D eigenvalue weighted by Gasteiger charge is 2.30. The molecule has 1 aromatic rings. The standard InChI is InChI=1S/C14H18BrNO/c1-3-8-16(12-5-6-12)14-7-4-11(15)9-13(14)10(2)17/h3-4,7,9-10,12,17H,1,5-6,8H2,2H3. The Labute approximate surface area is 111 Å². The quantitative estimate of drug-likeness (QED) is 0.838. The molecule has 0 spiro atoms. The number of hydrogen-bond donors (Lipinski definition) is 1. The summed E-state index contributed by atoms with van der Waals surface area (Å²) in [5, 5.41) is 9.87. The smallest absolute Gasteiger partial charge is 0.0782 e. The maximum absolute atomic E-state index is 9.87. The lowest BCUT2D eigenvalue weighted by atomic mass is 10.1. The van der Waals surface area contributed by atoms with Gasteiger partial charge in [0.1, 0.15) is 0 Å². The monoisotopic (exact) mass is 295 g/mol. The molecule has 0 aliphatic heterocycles. The van der Waals surface area contributed by atoms with Crippen molar-refractivity contribution in [2.24, 2.45) is 0 Å². The molecule has 1 saturated carbocycles. The first-order chi connectivity index (χ1) is 8.13. The molecule has 2 nitrogen and oxygen atoms in total. The van der Waals surface area contributed by atoms with E-state index in [0.717, 1.165) is 22.3 Å². The van der Waals surface area contributed by atoms with Gasteiger partial charge in [0.2, 0.25) is 0 Å². The van der Waals surface area contributed by atoms with Gasteiger partial charge in [-0.15, -0.1) is 6.58 Å². The predicted octanol–water partition coefficient (Wildman–Crippen LogP) is 3.66. The van der Waals surface area contributed by atoms with Gasteiger partial charge in [0, 0.05) is 28.3 Å². The van der Waals surface area contributed by atoms with E-state index in [1.54, 1.807) is 0 Å². The molecule has 0 saturated heterocycles.